The number of anilines is 1. The minimum absolute atomic E-state index is 0.0566. The zero-order valence-corrected chi connectivity index (χ0v) is 14.8. The number of imide groups is 2. The topological polar surface area (TPSA) is 122 Å². The van der Waals surface area contributed by atoms with E-state index in [4.69, 9.17) is 0 Å². The van der Waals surface area contributed by atoms with E-state index in [0.29, 0.717) is 0 Å². The zero-order chi connectivity index (χ0) is 19.6. The number of nitrogens with one attached hydrogen (secondary N) is 2. The first-order valence-corrected chi connectivity index (χ1v) is 8.52. The molecule has 0 spiro atoms. The lowest BCUT2D eigenvalue weighted by atomic mass is 10.1. The molecule has 1 aliphatic heterocycles. The molecule has 0 saturated carbocycles. The summed E-state index contributed by atoms with van der Waals surface area (Å²) < 4.78 is 4.35. The molecule has 0 atom stereocenters. The van der Waals surface area contributed by atoms with Crippen LogP contribution in [-0.2, 0) is 9.53 Å². The second kappa shape index (κ2) is 7.38. The number of benzene rings is 1. The molecular formula is C17H13N3O6S. The van der Waals surface area contributed by atoms with E-state index in [9.17, 15) is 24.0 Å². The number of hydrogen-bond donors (Lipinski definition) is 2. The van der Waals surface area contributed by atoms with Crippen molar-refractivity contribution < 1.29 is 28.7 Å². The second-order valence-electron chi connectivity index (χ2n) is 5.40. The Morgan fingerprint density at radius 3 is 2.30 bits per heavy atom. The highest BCUT2D eigenvalue weighted by Gasteiger charge is 2.36. The number of carbonyl (C=O) groups excluding carboxylic acids is 5. The van der Waals surface area contributed by atoms with Crippen LogP contribution in [0.3, 0.4) is 0 Å². The van der Waals surface area contributed by atoms with Gasteiger partial charge in [-0.2, -0.15) is 0 Å². The Morgan fingerprint density at radius 2 is 1.70 bits per heavy atom. The van der Waals surface area contributed by atoms with Crippen molar-refractivity contribution in [3.05, 3.63) is 52.4 Å². The van der Waals surface area contributed by atoms with Crippen LogP contribution in [-0.4, -0.2) is 48.3 Å². The lowest BCUT2D eigenvalue weighted by molar-refractivity contribution is -0.116. The molecule has 0 unspecified atom stereocenters. The number of amides is 5. The first-order chi connectivity index (χ1) is 12.9. The summed E-state index contributed by atoms with van der Waals surface area (Å²) in [5.41, 5.74) is 0.537. The third kappa shape index (κ3) is 3.55. The molecule has 1 aromatic carbocycles. The van der Waals surface area contributed by atoms with E-state index < -0.39 is 36.3 Å². The van der Waals surface area contributed by atoms with Crippen molar-refractivity contribution >= 4 is 46.1 Å². The second-order valence-corrected chi connectivity index (χ2v) is 6.32. The fraction of sp³-hybridized carbons (Fsp3) is 0.118. The van der Waals surface area contributed by atoms with E-state index in [-0.39, 0.29) is 21.7 Å². The van der Waals surface area contributed by atoms with Gasteiger partial charge in [0.05, 0.1) is 23.8 Å². The number of ether oxygens (including phenoxy) is 1. The van der Waals surface area contributed by atoms with Crippen molar-refractivity contribution in [2.24, 2.45) is 0 Å². The predicted molar refractivity (Wildman–Crippen MR) is 94.6 cm³/mol. The minimum atomic E-state index is -0.936. The highest BCUT2D eigenvalue weighted by atomic mass is 32.1. The van der Waals surface area contributed by atoms with E-state index >= 15 is 0 Å². The average molecular weight is 387 g/mol. The maximum atomic E-state index is 12.3. The maximum absolute atomic E-state index is 12.3. The molecule has 0 saturated heterocycles. The van der Waals surface area contributed by atoms with Gasteiger partial charge in [-0.05, 0) is 23.6 Å². The minimum Gasteiger partial charge on any atom is -0.453 e. The SMILES string of the molecule is COC(=O)NC(=O)c1ccsc1NC(=O)CN1C(=O)c2ccccc2C1=O. The molecule has 0 bridgehead atoms. The van der Waals surface area contributed by atoms with Gasteiger partial charge >= 0.3 is 6.09 Å². The number of hydrogen-bond acceptors (Lipinski definition) is 7. The molecule has 2 aromatic rings. The number of methoxy groups -OCH3 is 1. The van der Waals surface area contributed by atoms with Crippen molar-refractivity contribution in [1.82, 2.24) is 10.2 Å². The van der Waals surface area contributed by atoms with E-state index in [0.717, 1.165) is 23.3 Å². The Morgan fingerprint density at radius 1 is 1.07 bits per heavy atom. The summed E-state index contributed by atoms with van der Waals surface area (Å²) >= 11 is 1.05. The fourth-order valence-corrected chi connectivity index (χ4v) is 3.29. The summed E-state index contributed by atoms with van der Waals surface area (Å²) in [6.45, 7) is -0.498. The van der Waals surface area contributed by atoms with Crippen molar-refractivity contribution in [2.45, 2.75) is 0 Å². The quantitative estimate of drug-likeness (QED) is 0.767. The number of carbonyl (C=O) groups is 5. The van der Waals surface area contributed by atoms with Crippen LogP contribution < -0.4 is 10.6 Å². The summed E-state index contributed by atoms with van der Waals surface area (Å²) in [5.74, 6) is -2.51. The summed E-state index contributed by atoms with van der Waals surface area (Å²) in [4.78, 5) is 60.8. The molecule has 2 heterocycles. The van der Waals surface area contributed by atoms with Gasteiger partial charge in [0.25, 0.3) is 17.7 Å². The molecule has 0 fully saturated rings. The van der Waals surface area contributed by atoms with E-state index in [1.807, 2.05) is 5.32 Å². The Bertz CT molecular complexity index is 932. The van der Waals surface area contributed by atoms with Crippen molar-refractivity contribution in [3.8, 4) is 0 Å². The number of rotatable bonds is 4. The zero-order valence-electron chi connectivity index (χ0n) is 14.0. The highest BCUT2D eigenvalue weighted by Crippen LogP contribution is 2.25. The molecule has 10 heteroatoms. The van der Waals surface area contributed by atoms with Gasteiger partial charge in [0, 0.05) is 0 Å². The van der Waals surface area contributed by atoms with E-state index in [1.54, 1.807) is 17.5 Å². The third-order valence-electron chi connectivity index (χ3n) is 3.74. The molecule has 138 valence electrons. The Kier molecular flexibility index (Phi) is 4.99. The van der Waals surface area contributed by atoms with E-state index in [2.05, 4.69) is 10.1 Å². The van der Waals surface area contributed by atoms with Crippen molar-refractivity contribution in [3.63, 3.8) is 0 Å². The van der Waals surface area contributed by atoms with E-state index in [1.165, 1.54) is 18.2 Å². The maximum Gasteiger partial charge on any atom is 0.413 e. The summed E-state index contributed by atoms with van der Waals surface area (Å²) in [5, 5.41) is 6.18. The van der Waals surface area contributed by atoms with Crippen LogP contribution in [0.5, 0.6) is 0 Å². The smallest absolute Gasteiger partial charge is 0.413 e. The Balaban J connectivity index is 1.69. The van der Waals surface area contributed by atoms with Gasteiger partial charge < -0.3 is 10.1 Å². The first-order valence-electron chi connectivity index (χ1n) is 7.64. The third-order valence-corrected chi connectivity index (χ3v) is 4.57. The molecule has 27 heavy (non-hydrogen) atoms. The van der Waals surface area contributed by atoms with Crippen LogP contribution in [0.4, 0.5) is 9.80 Å². The van der Waals surface area contributed by atoms with Gasteiger partial charge in [0.2, 0.25) is 5.91 Å². The largest absolute Gasteiger partial charge is 0.453 e. The molecule has 0 radical (unpaired) electrons. The molecule has 2 N–H and O–H groups in total. The van der Waals surface area contributed by atoms with Gasteiger partial charge in [-0.15, -0.1) is 11.3 Å². The lowest BCUT2D eigenvalue weighted by Gasteiger charge is -2.13. The number of thiophene rings is 1. The van der Waals surface area contributed by atoms with Crippen LogP contribution in [0.1, 0.15) is 31.1 Å². The molecule has 1 aromatic heterocycles. The molecule has 0 aliphatic carbocycles. The predicted octanol–water partition coefficient (Wildman–Crippen LogP) is 1.48. The Hall–Kier alpha value is -3.53. The first kappa shape index (κ1) is 18.3. The standard InChI is InChI=1S/C17H13N3O6S/c1-26-17(25)19-13(22)11-6-7-27-14(11)18-12(21)8-20-15(23)9-4-2-3-5-10(9)16(20)24/h2-7H,8H2,1H3,(H,18,21)(H,19,22,25). The summed E-state index contributed by atoms with van der Waals surface area (Å²) in [6.07, 6.45) is -0.936. The van der Waals surface area contributed by atoms with Gasteiger partial charge in [-0.25, -0.2) is 4.79 Å². The normalized spacial score (nSPS) is 12.6. The highest BCUT2D eigenvalue weighted by molar-refractivity contribution is 7.14. The number of fused-ring (bicyclic) bond motifs is 1. The molecule has 3 rings (SSSR count). The fourth-order valence-electron chi connectivity index (χ4n) is 2.49. The average Bonchev–Trinajstić information content (AvgIpc) is 3.21. The molecule has 5 amide bonds. The Labute approximate surface area is 156 Å². The van der Waals surface area contributed by atoms with Gasteiger partial charge in [0.1, 0.15) is 11.5 Å². The number of alkyl carbamates (subject to hydrolysis) is 1. The molecule has 1 aliphatic rings. The summed E-state index contributed by atoms with van der Waals surface area (Å²) in [7, 11) is 1.11. The van der Waals surface area contributed by atoms with Crippen LogP contribution in [0, 0.1) is 0 Å². The van der Waals surface area contributed by atoms with Crippen molar-refractivity contribution in [2.75, 3.05) is 19.0 Å². The monoisotopic (exact) mass is 387 g/mol. The van der Waals surface area contributed by atoms with Crippen molar-refractivity contribution in [1.29, 1.82) is 0 Å². The van der Waals surface area contributed by atoms with Crippen LogP contribution in [0.25, 0.3) is 0 Å². The van der Waals surface area contributed by atoms with Crippen LogP contribution in [0.15, 0.2) is 35.7 Å². The van der Waals surface area contributed by atoms with Gasteiger partial charge in [-0.1, -0.05) is 12.1 Å². The molecule has 9 nitrogen and oxygen atoms in total. The number of nitrogens with zero attached hydrogens (tertiary/aromatic N) is 1. The van der Waals surface area contributed by atoms with Crippen LogP contribution >= 0.6 is 11.3 Å². The summed E-state index contributed by atoms with van der Waals surface area (Å²) in [6, 6.07) is 7.71. The van der Waals surface area contributed by atoms with Crippen LogP contribution in [0.2, 0.25) is 0 Å². The van der Waals surface area contributed by atoms with Gasteiger partial charge in [0.15, 0.2) is 0 Å². The van der Waals surface area contributed by atoms with Gasteiger partial charge in [-0.3, -0.25) is 29.4 Å². The lowest BCUT2D eigenvalue weighted by Crippen LogP contribution is -2.37. The molecular weight excluding hydrogens is 374 g/mol.